The summed E-state index contributed by atoms with van der Waals surface area (Å²) in [6.45, 7) is 5.32. The normalized spacial score (nSPS) is 19.7. The van der Waals surface area contributed by atoms with Gasteiger partial charge in [0, 0.05) is 52.0 Å². The summed E-state index contributed by atoms with van der Waals surface area (Å²) in [5, 5.41) is 3.23. The van der Waals surface area contributed by atoms with Crippen LogP contribution in [0.4, 0.5) is 4.39 Å². The second kappa shape index (κ2) is 8.37. The van der Waals surface area contributed by atoms with E-state index in [1.54, 1.807) is 12.1 Å². The van der Waals surface area contributed by atoms with Crippen LogP contribution in [0.3, 0.4) is 0 Å². The first-order valence-corrected chi connectivity index (χ1v) is 10.0. The van der Waals surface area contributed by atoms with Crippen molar-refractivity contribution >= 4 is 5.91 Å². The van der Waals surface area contributed by atoms with Crippen LogP contribution in [-0.4, -0.2) is 60.0 Å². The molecule has 2 aromatic rings. The lowest BCUT2D eigenvalue weighted by Crippen LogP contribution is -2.63. The SMILES string of the molecule is O=C(N1CCCN(Cc2ccccn2)CC1)C1(Cc2ccccc2F)CNC1. The van der Waals surface area contributed by atoms with Gasteiger partial charge in [0.05, 0.1) is 11.1 Å². The number of pyridine rings is 1. The maximum atomic E-state index is 14.2. The summed E-state index contributed by atoms with van der Waals surface area (Å²) in [5.41, 5.74) is 1.17. The largest absolute Gasteiger partial charge is 0.341 e. The zero-order valence-electron chi connectivity index (χ0n) is 16.1. The molecule has 28 heavy (non-hydrogen) atoms. The van der Waals surface area contributed by atoms with E-state index in [4.69, 9.17) is 0 Å². The molecule has 0 aliphatic carbocycles. The maximum Gasteiger partial charge on any atom is 0.231 e. The van der Waals surface area contributed by atoms with Crippen molar-refractivity contribution in [2.45, 2.75) is 19.4 Å². The van der Waals surface area contributed by atoms with Crippen LogP contribution in [-0.2, 0) is 17.8 Å². The van der Waals surface area contributed by atoms with Crippen LogP contribution in [0.5, 0.6) is 0 Å². The van der Waals surface area contributed by atoms with Crippen LogP contribution in [0, 0.1) is 11.2 Å². The Morgan fingerprint density at radius 1 is 1.07 bits per heavy atom. The fourth-order valence-corrected chi connectivity index (χ4v) is 4.17. The van der Waals surface area contributed by atoms with E-state index in [0.717, 1.165) is 38.3 Å². The van der Waals surface area contributed by atoms with Gasteiger partial charge in [-0.25, -0.2) is 4.39 Å². The highest BCUT2D eigenvalue weighted by atomic mass is 19.1. The Hall–Kier alpha value is -2.31. The number of aromatic nitrogens is 1. The van der Waals surface area contributed by atoms with Crippen molar-refractivity contribution in [2.24, 2.45) is 5.41 Å². The highest BCUT2D eigenvalue weighted by Gasteiger charge is 2.46. The highest BCUT2D eigenvalue weighted by molar-refractivity contribution is 5.84. The average molecular weight is 382 g/mol. The lowest BCUT2D eigenvalue weighted by molar-refractivity contribution is -0.145. The third kappa shape index (κ3) is 4.08. The predicted octanol–water partition coefficient (Wildman–Crippen LogP) is 2.09. The first-order valence-electron chi connectivity index (χ1n) is 10.0. The molecule has 0 bridgehead atoms. The van der Waals surface area contributed by atoms with Gasteiger partial charge in [-0.1, -0.05) is 24.3 Å². The lowest BCUT2D eigenvalue weighted by Gasteiger charge is -2.44. The average Bonchev–Trinajstić information content (AvgIpc) is 2.92. The third-order valence-electron chi connectivity index (χ3n) is 5.85. The Labute approximate surface area is 165 Å². The van der Waals surface area contributed by atoms with E-state index in [9.17, 15) is 9.18 Å². The molecule has 5 nitrogen and oxygen atoms in total. The van der Waals surface area contributed by atoms with E-state index >= 15 is 0 Å². The van der Waals surface area contributed by atoms with Crippen LogP contribution < -0.4 is 5.32 Å². The Morgan fingerprint density at radius 3 is 2.61 bits per heavy atom. The van der Waals surface area contributed by atoms with E-state index in [1.165, 1.54) is 6.07 Å². The number of nitrogens with zero attached hydrogens (tertiary/aromatic N) is 3. The molecule has 1 aromatic heterocycles. The molecule has 2 aliphatic rings. The fourth-order valence-electron chi connectivity index (χ4n) is 4.17. The summed E-state index contributed by atoms with van der Waals surface area (Å²) >= 11 is 0. The maximum absolute atomic E-state index is 14.2. The second-order valence-corrected chi connectivity index (χ2v) is 7.90. The zero-order chi connectivity index (χ0) is 19.4. The monoisotopic (exact) mass is 382 g/mol. The molecule has 3 heterocycles. The molecule has 0 radical (unpaired) electrons. The molecule has 4 rings (SSSR count). The van der Waals surface area contributed by atoms with Crippen molar-refractivity contribution in [3.8, 4) is 0 Å². The van der Waals surface area contributed by atoms with Gasteiger partial charge in [0.1, 0.15) is 5.82 Å². The number of halogens is 1. The number of hydrogen-bond donors (Lipinski definition) is 1. The summed E-state index contributed by atoms with van der Waals surface area (Å²) in [5.74, 6) is -0.0619. The van der Waals surface area contributed by atoms with Crippen molar-refractivity contribution in [3.63, 3.8) is 0 Å². The van der Waals surface area contributed by atoms with E-state index in [0.29, 0.717) is 31.6 Å². The second-order valence-electron chi connectivity index (χ2n) is 7.90. The Kier molecular flexibility index (Phi) is 5.69. The summed E-state index contributed by atoms with van der Waals surface area (Å²) in [6, 6.07) is 12.8. The van der Waals surface area contributed by atoms with Gasteiger partial charge in [-0.2, -0.15) is 0 Å². The molecule has 148 valence electrons. The van der Waals surface area contributed by atoms with Crippen molar-refractivity contribution in [1.82, 2.24) is 20.1 Å². The predicted molar refractivity (Wildman–Crippen MR) is 106 cm³/mol. The number of carbonyl (C=O) groups excluding carboxylic acids is 1. The minimum Gasteiger partial charge on any atom is -0.341 e. The van der Waals surface area contributed by atoms with Gasteiger partial charge in [-0.3, -0.25) is 14.7 Å². The van der Waals surface area contributed by atoms with Crippen LogP contribution in [0.2, 0.25) is 0 Å². The molecule has 1 N–H and O–H groups in total. The molecular formula is C22H27FN4O. The Morgan fingerprint density at radius 2 is 1.89 bits per heavy atom. The first kappa shape index (κ1) is 19.0. The molecule has 0 spiro atoms. The molecule has 2 saturated heterocycles. The summed E-state index contributed by atoms with van der Waals surface area (Å²) < 4.78 is 14.2. The van der Waals surface area contributed by atoms with Crippen LogP contribution in [0.25, 0.3) is 0 Å². The number of carbonyl (C=O) groups is 1. The number of nitrogens with one attached hydrogen (secondary N) is 1. The number of rotatable bonds is 5. The van der Waals surface area contributed by atoms with Crippen molar-refractivity contribution in [3.05, 3.63) is 65.7 Å². The number of amides is 1. The molecule has 2 fully saturated rings. The minimum absolute atomic E-state index is 0.161. The molecule has 2 aliphatic heterocycles. The number of hydrogen-bond acceptors (Lipinski definition) is 4. The van der Waals surface area contributed by atoms with Gasteiger partial charge >= 0.3 is 0 Å². The minimum atomic E-state index is -0.516. The van der Waals surface area contributed by atoms with E-state index < -0.39 is 5.41 Å². The Balaban J connectivity index is 1.40. The van der Waals surface area contributed by atoms with Gasteiger partial charge in [0.2, 0.25) is 5.91 Å². The lowest BCUT2D eigenvalue weighted by atomic mass is 9.75. The van der Waals surface area contributed by atoms with Crippen molar-refractivity contribution < 1.29 is 9.18 Å². The molecule has 0 saturated carbocycles. The van der Waals surface area contributed by atoms with E-state index in [1.807, 2.05) is 35.4 Å². The van der Waals surface area contributed by atoms with Gasteiger partial charge in [0.25, 0.3) is 0 Å². The molecule has 6 heteroatoms. The topological polar surface area (TPSA) is 48.5 Å². The molecule has 1 amide bonds. The van der Waals surface area contributed by atoms with Gasteiger partial charge in [-0.15, -0.1) is 0 Å². The van der Waals surface area contributed by atoms with E-state index in [-0.39, 0.29) is 11.7 Å². The van der Waals surface area contributed by atoms with Crippen LogP contribution in [0.15, 0.2) is 48.7 Å². The summed E-state index contributed by atoms with van der Waals surface area (Å²) in [7, 11) is 0. The molecule has 0 atom stereocenters. The van der Waals surface area contributed by atoms with Crippen LogP contribution in [0.1, 0.15) is 17.7 Å². The quantitative estimate of drug-likeness (QED) is 0.860. The fraction of sp³-hybridized carbons (Fsp3) is 0.455. The van der Waals surface area contributed by atoms with Crippen molar-refractivity contribution in [2.75, 3.05) is 39.3 Å². The molecule has 1 aromatic carbocycles. The van der Waals surface area contributed by atoms with Gasteiger partial charge in [-0.05, 0) is 36.6 Å². The zero-order valence-corrected chi connectivity index (χ0v) is 16.1. The summed E-state index contributed by atoms with van der Waals surface area (Å²) in [4.78, 5) is 22.1. The first-order chi connectivity index (χ1) is 13.7. The van der Waals surface area contributed by atoms with Gasteiger partial charge < -0.3 is 10.2 Å². The van der Waals surface area contributed by atoms with Gasteiger partial charge in [0.15, 0.2) is 0 Å². The smallest absolute Gasteiger partial charge is 0.231 e. The number of benzene rings is 1. The standard InChI is InChI=1S/C22H27FN4O/c23-20-8-2-1-6-18(20)14-22(16-24-17-22)21(28)27-11-5-10-26(12-13-27)15-19-7-3-4-9-25-19/h1-4,6-9,24H,5,10-17H2. The Bertz CT molecular complexity index is 809. The summed E-state index contributed by atoms with van der Waals surface area (Å²) in [6.07, 6.45) is 3.22. The molecular weight excluding hydrogens is 355 g/mol. The highest BCUT2D eigenvalue weighted by Crippen LogP contribution is 2.31. The van der Waals surface area contributed by atoms with Crippen LogP contribution >= 0.6 is 0 Å². The molecule has 0 unspecified atom stereocenters. The van der Waals surface area contributed by atoms with Crippen molar-refractivity contribution in [1.29, 1.82) is 0 Å². The third-order valence-corrected chi connectivity index (χ3v) is 5.85. The van der Waals surface area contributed by atoms with E-state index in [2.05, 4.69) is 15.2 Å².